The van der Waals surface area contributed by atoms with E-state index in [1.165, 1.54) is 24.3 Å². The summed E-state index contributed by atoms with van der Waals surface area (Å²) in [5, 5.41) is -0.0805. The fourth-order valence-corrected chi connectivity index (χ4v) is 1.84. The van der Waals surface area contributed by atoms with Crippen molar-refractivity contribution in [1.82, 2.24) is 0 Å². The minimum atomic E-state index is -4.51. The van der Waals surface area contributed by atoms with E-state index in [9.17, 15) is 17.6 Å². The monoisotopic (exact) mass is 274 g/mol. The molecule has 0 heterocycles. The van der Waals surface area contributed by atoms with Crippen LogP contribution in [0.2, 0.25) is 5.02 Å². The predicted molar refractivity (Wildman–Crippen MR) is 61.8 cm³/mol. The van der Waals surface area contributed by atoms with Crippen molar-refractivity contribution in [3.8, 4) is 11.1 Å². The Bertz CT molecular complexity index is 575. The molecule has 0 aliphatic rings. The van der Waals surface area contributed by atoms with Crippen molar-refractivity contribution < 1.29 is 17.6 Å². The van der Waals surface area contributed by atoms with Crippen molar-refractivity contribution in [3.63, 3.8) is 0 Å². The van der Waals surface area contributed by atoms with Gasteiger partial charge in [0.25, 0.3) is 0 Å². The minimum Gasteiger partial charge on any atom is -0.206 e. The summed E-state index contributed by atoms with van der Waals surface area (Å²) in [5.74, 6) is -0.590. The van der Waals surface area contributed by atoms with Crippen molar-refractivity contribution >= 4 is 11.6 Å². The summed E-state index contributed by atoms with van der Waals surface area (Å²) in [7, 11) is 0. The van der Waals surface area contributed by atoms with Gasteiger partial charge in [-0.1, -0.05) is 29.8 Å². The fraction of sp³-hybridized carbons (Fsp3) is 0.0769. The predicted octanol–water partition coefficient (Wildman–Crippen LogP) is 5.16. The van der Waals surface area contributed by atoms with Crippen molar-refractivity contribution in [2.75, 3.05) is 0 Å². The van der Waals surface area contributed by atoms with Gasteiger partial charge in [0, 0.05) is 10.6 Å². The molecule has 94 valence electrons. The second-order valence-corrected chi connectivity index (χ2v) is 4.14. The number of halogens is 5. The molecule has 0 N–H and O–H groups in total. The Kier molecular flexibility index (Phi) is 3.30. The maximum atomic E-state index is 13.5. The van der Waals surface area contributed by atoms with Gasteiger partial charge in [0.15, 0.2) is 0 Å². The lowest BCUT2D eigenvalue weighted by molar-refractivity contribution is -0.137. The van der Waals surface area contributed by atoms with Crippen LogP contribution in [0.5, 0.6) is 0 Å². The Morgan fingerprint density at radius 1 is 0.944 bits per heavy atom. The second kappa shape index (κ2) is 4.61. The Hall–Kier alpha value is -1.55. The molecule has 0 saturated carbocycles. The lowest BCUT2D eigenvalue weighted by atomic mass is 10.0. The first-order chi connectivity index (χ1) is 8.38. The molecule has 0 aromatic heterocycles. The van der Waals surface area contributed by atoms with Gasteiger partial charge >= 0.3 is 6.18 Å². The maximum Gasteiger partial charge on any atom is 0.416 e. The third-order valence-corrected chi connectivity index (χ3v) is 2.63. The number of hydrogen-bond acceptors (Lipinski definition) is 0. The average molecular weight is 275 g/mol. The van der Waals surface area contributed by atoms with Crippen LogP contribution in [-0.2, 0) is 6.18 Å². The Morgan fingerprint density at radius 2 is 1.61 bits per heavy atom. The van der Waals surface area contributed by atoms with Gasteiger partial charge in [-0.05, 0) is 29.8 Å². The van der Waals surface area contributed by atoms with E-state index in [4.69, 9.17) is 11.6 Å². The molecule has 18 heavy (non-hydrogen) atoms. The number of alkyl halides is 3. The highest BCUT2D eigenvalue weighted by atomic mass is 35.5. The molecule has 0 aliphatic heterocycles. The van der Waals surface area contributed by atoms with E-state index in [0.717, 1.165) is 12.1 Å². The second-order valence-electron chi connectivity index (χ2n) is 3.71. The van der Waals surface area contributed by atoms with Crippen LogP contribution in [0.3, 0.4) is 0 Å². The molecule has 2 aromatic carbocycles. The lowest BCUT2D eigenvalue weighted by Crippen LogP contribution is -2.05. The van der Waals surface area contributed by atoms with Crippen molar-refractivity contribution in [2.24, 2.45) is 0 Å². The van der Waals surface area contributed by atoms with E-state index < -0.39 is 17.6 Å². The van der Waals surface area contributed by atoms with Crippen LogP contribution >= 0.6 is 11.6 Å². The summed E-state index contributed by atoms with van der Waals surface area (Å²) in [4.78, 5) is 0. The van der Waals surface area contributed by atoms with Crippen LogP contribution in [0.1, 0.15) is 5.56 Å². The largest absolute Gasteiger partial charge is 0.416 e. The number of benzene rings is 2. The topological polar surface area (TPSA) is 0 Å². The van der Waals surface area contributed by atoms with Crippen LogP contribution in [0, 0.1) is 5.82 Å². The van der Waals surface area contributed by atoms with Gasteiger partial charge in [-0.2, -0.15) is 13.2 Å². The zero-order valence-electron chi connectivity index (χ0n) is 8.93. The summed E-state index contributed by atoms with van der Waals surface area (Å²) in [6.07, 6.45) is -4.51. The summed E-state index contributed by atoms with van der Waals surface area (Å²) in [6, 6.07) is 8.59. The van der Waals surface area contributed by atoms with Crippen molar-refractivity contribution in [1.29, 1.82) is 0 Å². The standard InChI is InChI=1S/C13H7ClF4/c14-10-6-8(5-9(7-10)13(16,17)18)11-3-1-2-4-12(11)15/h1-7H. The van der Waals surface area contributed by atoms with Crippen molar-refractivity contribution in [3.05, 3.63) is 58.9 Å². The van der Waals surface area contributed by atoms with Crippen LogP contribution in [0.25, 0.3) is 11.1 Å². The molecular weight excluding hydrogens is 268 g/mol. The van der Waals surface area contributed by atoms with Crippen LogP contribution < -0.4 is 0 Å². The molecule has 0 aliphatic carbocycles. The molecule has 0 amide bonds. The summed E-state index contributed by atoms with van der Waals surface area (Å²) < 4.78 is 51.3. The van der Waals surface area contributed by atoms with E-state index in [-0.39, 0.29) is 16.1 Å². The Labute approximate surface area is 106 Å². The highest BCUT2D eigenvalue weighted by Crippen LogP contribution is 2.35. The minimum absolute atomic E-state index is 0.0805. The molecular formula is C13H7ClF4. The third kappa shape index (κ3) is 2.64. The van der Waals surface area contributed by atoms with Gasteiger partial charge in [0.05, 0.1) is 5.56 Å². The van der Waals surface area contributed by atoms with Gasteiger partial charge in [-0.3, -0.25) is 0 Å². The molecule has 0 radical (unpaired) electrons. The summed E-state index contributed by atoms with van der Waals surface area (Å²) >= 11 is 5.64. The molecule has 5 heteroatoms. The zero-order chi connectivity index (χ0) is 13.3. The Morgan fingerprint density at radius 3 is 2.22 bits per heavy atom. The molecule has 0 bridgehead atoms. The van der Waals surface area contributed by atoms with Gasteiger partial charge in [-0.15, -0.1) is 0 Å². The molecule has 0 fully saturated rings. The van der Waals surface area contributed by atoms with Crippen LogP contribution in [-0.4, -0.2) is 0 Å². The SMILES string of the molecule is Fc1ccccc1-c1cc(Cl)cc(C(F)(F)F)c1. The maximum absolute atomic E-state index is 13.5. The van der Waals surface area contributed by atoms with E-state index in [1.54, 1.807) is 6.07 Å². The quantitative estimate of drug-likeness (QED) is 0.630. The summed E-state index contributed by atoms with van der Waals surface area (Å²) in [6.45, 7) is 0. The first kappa shape index (κ1) is 12.9. The molecule has 2 rings (SSSR count). The summed E-state index contributed by atoms with van der Waals surface area (Å²) in [5.41, 5.74) is -0.702. The van der Waals surface area contributed by atoms with E-state index >= 15 is 0 Å². The Balaban J connectivity index is 2.60. The third-order valence-electron chi connectivity index (χ3n) is 2.41. The highest BCUT2D eigenvalue weighted by molar-refractivity contribution is 6.31. The molecule has 0 saturated heterocycles. The normalized spacial score (nSPS) is 11.6. The van der Waals surface area contributed by atoms with Gasteiger partial charge in [-0.25, -0.2) is 4.39 Å². The fourth-order valence-electron chi connectivity index (χ4n) is 1.60. The van der Waals surface area contributed by atoms with Gasteiger partial charge in [0.2, 0.25) is 0 Å². The molecule has 0 unspecified atom stereocenters. The van der Waals surface area contributed by atoms with E-state index in [1.807, 2.05) is 0 Å². The zero-order valence-corrected chi connectivity index (χ0v) is 9.69. The van der Waals surface area contributed by atoms with Gasteiger partial charge < -0.3 is 0 Å². The van der Waals surface area contributed by atoms with E-state index in [2.05, 4.69) is 0 Å². The number of hydrogen-bond donors (Lipinski definition) is 0. The van der Waals surface area contributed by atoms with Crippen LogP contribution in [0.4, 0.5) is 17.6 Å². The molecule has 2 aromatic rings. The lowest BCUT2D eigenvalue weighted by Gasteiger charge is -2.10. The van der Waals surface area contributed by atoms with E-state index in [0.29, 0.717) is 0 Å². The molecule has 0 nitrogen and oxygen atoms in total. The molecule has 0 spiro atoms. The first-order valence-corrected chi connectivity index (χ1v) is 5.38. The molecule has 0 atom stereocenters. The first-order valence-electron chi connectivity index (χ1n) is 5.00. The van der Waals surface area contributed by atoms with Crippen LogP contribution in [0.15, 0.2) is 42.5 Å². The highest BCUT2D eigenvalue weighted by Gasteiger charge is 2.31. The average Bonchev–Trinajstić information content (AvgIpc) is 2.27. The number of rotatable bonds is 1. The van der Waals surface area contributed by atoms with Crippen molar-refractivity contribution in [2.45, 2.75) is 6.18 Å². The smallest absolute Gasteiger partial charge is 0.206 e. The van der Waals surface area contributed by atoms with Gasteiger partial charge in [0.1, 0.15) is 5.82 Å².